The highest BCUT2D eigenvalue weighted by Gasteiger charge is 2.33. The number of amides is 3. The largest absolute Gasteiger partial charge is 0.480 e. The Kier molecular flexibility index (Phi) is 10.0. The topological polar surface area (TPSA) is 220 Å². The van der Waals surface area contributed by atoms with Crippen LogP contribution in [-0.2, 0) is 25.6 Å². The molecule has 0 saturated carbocycles. The number of H-pyrrole nitrogens is 1. The zero-order valence-corrected chi connectivity index (χ0v) is 17.5. The Hall–Kier alpha value is -3.03. The third-order valence-corrected chi connectivity index (χ3v) is 4.44. The standard InChI is InChI=1S/C18H30N6O7/c1-8(2)13(16(28)22-12(18(30)31)4-10-5-20-7-21-10)23-17(29)14(9(3)26)24-15(27)11(19)6-25/h5,7-9,11-14,25-26H,4,6,19H2,1-3H3,(H,20,21)(H,22,28)(H,23,29)(H,24,27)(H,30,31). The summed E-state index contributed by atoms with van der Waals surface area (Å²) in [5, 5.41) is 35.2. The number of aromatic nitrogens is 2. The molecule has 0 radical (unpaired) electrons. The first-order chi connectivity index (χ1) is 14.5. The lowest BCUT2D eigenvalue weighted by molar-refractivity contribution is -0.142. The van der Waals surface area contributed by atoms with Gasteiger partial charge in [-0.15, -0.1) is 0 Å². The normalized spacial score (nSPS) is 16.0. The van der Waals surface area contributed by atoms with Gasteiger partial charge in [-0.1, -0.05) is 13.8 Å². The van der Waals surface area contributed by atoms with Gasteiger partial charge in [0.25, 0.3) is 0 Å². The molecule has 3 amide bonds. The second-order valence-electron chi connectivity index (χ2n) is 7.43. The first kappa shape index (κ1) is 26.0. The zero-order chi connectivity index (χ0) is 23.7. The predicted octanol–water partition coefficient (Wildman–Crippen LogP) is -3.15. The smallest absolute Gasteiger partial charge is 0.326 e. The number of carboxylic acid groups (broad SMARTS) is 1. The number of nitrogens with two attached hydrogens (primary N) is 1. The van der Waals surface area contributed by atoms with E-state index in [9.17, 15) is 29.4 Å². The number of aromatic amines is 1. The van der Waals surface area contributed by atoms with Crippen molar-refractivity contribution >= 4 is 23.7 Å². The minimum Gasteiger partial charge on any atom is -0.480 e. The number of aliphatic carboxylic acids is 1. The first-order valence-electron chi connectivity index (χ1n) is 9.63. The molecule has 0 bridgehead atoms. The van der Waals surface area contributed by atoms with Crippen molar-refractivity contribution in [1.82, 2.24) is 25.9 Å². The van der Waals surface area contributed by atoms with Gasteiger partial charge in [-0.05, 0) is 12.8 Å². The van der Waals surface area contributed by atoms with E-state index in [4.69, 9.17) is 10.8 Å². The lowest BCUT2D eigenvalue weighted by atomic mass is 10.0. The fourth-order valence-electron chi connectivity index (χ4n) is 2.60. The molecule has 31 heavy (non-hydrogen) atoms. The number of nitrogens with zero attached hydrogens (tertiary/aromatic N) is 1. The molecule has 174 valence electrons. The molecular weight excluding hydrogens is 412 g/mol. The van der Waals surface area contributed by atoms with Gasteiger partial charge in [0, 0.05) is 18.3 Å². The Morgan fingerprint density at radius 1 is 1.06 bits per heavy atom. The molecule has 1 heterocycles. The quantitative estimate of drug-likeness (QED) is 0.163. The highest BCUT2D eigenvalue weighted by molar-refractivity contribution is 5.94. The van der Waals surface area contributed by atoms with E-state index in [1.807, 2.05) is 0 Å². The summed E-state index contributed by atoms with van der Waals surface area (Å²) in [7, 11) is 0. The van der Waals surface area contributed by atoms with Crippen LogP contribution in [0.2, 0.25) is 0 Å². The molecule has 13 nitrogen and oxygen atoms in total. The van der Waals surface area contributed by atoms with Crippen molar-refractivity contribution in [3.8, 4) is 0 Å². The molecule has 0 fully saturated rings. The number of hydrogen-bond acceptors (Lipinski definition) is 8. The minimum atomic E-state index is -1.44. The molecular formula is C18H30N6O7. The van der Waals surface area contributed by atoms with Crippen LogP contribution >= 0.6 is 0 Å². The number of hydrogen-bond donors (Lipinski definition) is 8. The van der Waals surface area contributed by atoms with Gasteiger partial charge in [-0.25, -0.2) is 9.78 Å². The summed E-state index contributed by atoms with van der Waals surface area (Å²) in [6.07, 6.45) is 1.42. The molecule has 0 aliphatic rings. The number of carboxylic acids is 1. The molecule has 5 atom stereocenters. The summed E-state index contributed by atoms with van der Waals surface area (Å²) in [6.45, 7) is 3.86. The Labute approximate surface area is 178 Å². The number of aliphatic hydroxyl groups is 2. The number of nitrogens with one attached hydrogen (secondary N) is 4. The van der Waals surface area contributed by atoms with E-state index in [1.54, 1.807) is 13.8 Å². The highest BCUT2D eigenvalue weighted by atomic mass is 16.4. The molecule has 0 aliphatic carbocycles. The third kappa shape index (κ3) is 7.96. The van der Waals surface area contributed by atoms with Gasteiger partial charge in [-0.2, -0.15) is 0 Å². The maximum absolute atomic E-state index is 12.7. The van der Waals surface area contributed by atoms with Crippen LogP contribution in [0, 0.1) is 5.92 Å². The molecule has 9 N–H and O–H groups in total. The van der Waals surface area contributed by atoms with E-state index in [2.05, 4.69) is 25.9 Å². The summed E-state index contributed by atoms with van der Waals surface area (Å²) < 4.78 is 0. The second kappa shape index (κ2) is 12.0. The van der Waals surface area contributed by atoms with Crippen LogP contribution in [0.25, 0.3) is 0 Å². The predicted molar refractivity (Wildman–Crippen MR) is 107 cm³/mol. The number of carbonyl (C=O) groups is 4. The van der Waals surface area contributed by atoms with Crippen molar-refractivity contribution < 1.29 is 34.5 Å². The Bertz CT molecular complexity index is 753. The van der Waals surface area contributed by atoms with E-state index in [0.29, 0.717) is 5.69 Å². The average Bonchev–Trinajstić information content (AvgIpc) is 3.20. The highest BCUT2D eigenvalue weighted by Crippen LogP contribution is 2.06. The third-order valence-electron chi connectivity index (χ3n) is 4.44. The molecule has 13 heteroatoms. The second-order valence-corrected chi connectivity index (χ2v) is 7.43. The van der Waals surface area contributed by atoms with Crippen LogP contribution in [0.15, 0.2) is 12.5 Å². The van der Waals surface area contributed by atoms with Gasteiger partial charge >= 0.3 is 5.97 Å². The summed E-state index contributed by atoms with van der Waals surface area (Å²) >= 11 is 0. The molecule has 0 spiro atoms. The molecule has 1 rings (SSSR count). The van der Waals surface area contributed by atoms with E-state index in [1.165, 1.54) is 19.4 Å². The van der Waals surface area contributed by atoms with E-state index in [-0.39, 0.29) is 6.42 Å². The maximum Gasteiger partial charge on any atom is 0.326 e. The average molecular weight is 442 g/mol. The summed E-state index contributed by atoms with van der Waals surface area (Å²) in [5.41, 5.74) is 5.89. The van der Waals surface area contributed by atoms with Crippen LogP contribution in [0.1, 0.15) is 26.5 Å². The summed E-state index contributed by atoms with van der Waals surface area (Å²) in [6, 6.07) is -5.17. The first-order valence-corrected chi connectivity index (χ1v) is 9.63. The molecule has 1 aromatic heterocycles. The fourth-order valence-corrected chi connectivity index (χ4v) is 2.60. The number of rotatable bonds is 12. The van der Waals surface area contributed by atoms with Gasteiger partial charge in [0.15, 0.2) is 0 Å². The number of imidazole rings is 1. The monoisotopic (exact) mass is 442 g/mol. The molecule has 0 aliphatic heterocycles. The van der Waals surface area contributed by atoms with Gasteiger partial charge < -0.3 is 42.0 Å². The SMILES string of the molecule is CC(C)C(NC(=O)C(NC(=O)C(N)CO)C(C)O)C(=O)NC(Cc1cnc[nH]1)C(=O)O. The van der Waals surface area contributed by atoms with Gasteiger partial charge in [0.05, 0.1) is 19.0 Å². The summed E-state index contributed by atoms with van der Waals surface area (Å²) in [5.74, 6) is -4.21. The Morgan fingerprint density at radius 3 is 2.10 bits per heavy atom. The van der Waals surface area contributed by atoms with Crippen molar-refractivity contribution in [2.75, 3.05) is 6.61 Å². The lowest BCUT2D eigenvalue weighted by Gasteiger charge is -2.28. The summed E-state index contributed by atoms with van der Waals surface area (Å²) in [4.78, 5) is 55.3. The van der Waals surface area contributed by atoms with Crippen molar-refractivity contribution in [3.05, 3.63) is 18.2 Å². The maximum atomic E-state index is 12.7. The zero-order valence-electron chi connectivity index (χ0n) is 17.5. The van der Waals surface area contributed by atoms with Crippen LogP contribution < -0.4 is 21.7 Å². The van der Waals surface area contributed by atoms with Crippen LogP contribution in [0.5, 0.6) is 0 Å². The van der Waals surface area contributed by atoms with Gasteiger partial charge in [-0.3, -0.25) is 14.4 Å². The van der Waals surface area contributed by atoms with Crippen molar-refractivity contribution in [2.45, 2.75) is 57.5 Å². The van der Waals surface area contributed by atoms with Crippen molar-refractivity contribution in [1.29, 1.82) is 0 Å². The van der Waals surface area contributed by atoms with Crippen molar-refractivity contribution in [3.63, 3.8) is 0 Å². The minimum absolute atomic E-state index is 0.0504. The fraction of sp³-hybridized carbons (Fsp3) is 0.611. The van der Waals surface area contributed by atoms with Gasteiger partial charge in [0.1, 0.15) is 24.2 Å². The van der Waals surface area contributed by atoms with Crippen LogP contribution in [0.4, 0.5) is 0 Å². The van der Waals surface area contributed by atoms with E-state index >= 15 is 0 Å². The molecule has 5 unspecified atom stereocenters. The number of carbonyl (C=O) groups excluding carboxylic acids is 3. The Balaban J connectivity index is 2.90. The Morgan fingerprint density at radius 2 is 1.65 bits per heavy atom. The molecule has 1 aromatic rings. The van der Waals surface area contributed by atoms with Crippen LogP contribution in [0.3, 0.4) is 0 Å². The molecule has 0 saturated heterocycles. The van der Waals surface area contributed by atoms with E-state index < -0.39 is 66.5 Å². The lowest BCUT2D eigenvalue weighted by Crippen LogP contribution is -2.61. The van der Waals surface area contributed by atoms with E-state index in [0.717, 1.165) is 0 Å². The van der Waals surface area contributed by atoms with Crippen molar-refractivity contribution in [2.24, 2.45) is 11.7 Å². The van der Waals surface area contributed by atoms with Gasteiger partial charge in [0.2, 0.25) is 17.7 Å². The number of aliphatic hydroxyl groups excluding tert-OH is 2. The van der Waals surface area contributed by atoms with Crippen LogP contribution in [-0.4, -0.2) is 85.9 Å². The molecule has 0 aromatic carbocycles.